The second-order valence-electron chi connectivity index (χ2n) is 3.93. The summed E-state index contributed by atoms with van der Waals surface area (Å²) >= 11 is 0. The van der Waals surface area contributed by atoms with E-state index in [0.717, 1.165) is 6.42 Å². The highest BCUT2D eigenvalue weighted by Crippen LogP contribution is 2.10. The van der Waals surface area contributed by atoms with Crippen molar-refractivity contribution in [3.8, 4) is 5.88 Å². The molecule has 1 atom stereocenters. The van der Waals surface area contributed by atoms with Gasteiger partial charge < -0.3 is 15.8 Å². The van der Waals surface area contributed by atoms with Gasteiger partial charge in [-0.25, -0.2) is 4.98 Å². The van der Waals surface area contributed by atoms with E-state index >= 15 is 0 Å². The first-order valence-corrected chi connectivity index (χ1v) is 5.61. The number of ether oxygens (including phenoxy) is 1. The second kappa shape index (κ2) is 6.27. The van der Waals surface area contributed by atoms with Crippen LogP contribution in [-0.4, -0.2) is 28.7 Å². The zero-order chi connectivity index (χ0) is 12.0. The van der Waals surface area contributed by atoms with Gasteiger partial charge in [-0.1, -0.05) is 6.92 Å². The molecule has 1 rings (SSSR count). The summed E-state index contributed by atoms with van der Waals surface area (Å²) < 4.78 is 5.47. The lowest BCUT2D eigenvalue weighted by Gasteiger charge is -2.12. The van der Waals surface area contributed by atoms with Crippen molar-refractivity contribution in [3.05, 3.63) is 12.3 Å². The van der Waals surface area contributed by atoms with Crippen LogP contribution in [0.3, 0.4) is 0 Å². The SMILES string of the molecule is CCC(N)CNc1nccc(OC(C)C)n1. The lowest BCUT2D eigenvalue weighted by atomic mass is 10.2. The summed E-state index contributed by atoms with van der Waals surface area (Å²) in [5.41, 5.74) is 5.79. The molecule has 0 radical (unpaired) electrons. The first-order chi connectivity index (χ1) is 7.61. The Balaban J connectivity index is 2.53. The summed E-state index contributed by atoms with van der Waals surface area (Å²) in [4.78, 5) is 8.31. The molecule has 5 nitrogen and oxygen atoms in total. The van der Waals surface area contributed by atoms with E-state index < -0.39 is 0 Å². The molecule has 3 N–H and O–H groups in total. The van der Waals surface area contributed by atoms with E-state index in [4.69, 9.17) is 10.5 Å². The predicted octanol–water partition coefficient (Wildman–Crippen LogP) is 1.41. The van der Waals surface area contributed by atoms with Crippen LogP contribution in [0.2, 0.25) is 0 Å². The third-order valence-corrected chi connectivity index (χ3v) is 2.03. The molecule has 0 amide bonds. The van der Waals surface area contributed by atoms with Crippen molar-refractivity contribution in [2.45, 2.75) is 39.3 Å². The van der Waals surface area contributed by atoms with Gasteiger partial charge in [0.2, 0.25) is 11.8 Å². The monoisotopic (exact) mass is 224 g/mol. The number of nitrogens with two attached hydrogens (primary N) is 1. The van der Waals surface area contributed by atoms with Crippen LogP contribution >= 0.6 is 0 Å². The van der Waals surface area contributed by atoms with Crippen LogP contribution in [0.5, 0.6) is 5.88 Å². The molecular formula is C11H20N4O. The summed E-state index contributed by atoms with van der Waals surface area (Å²) in [6.45, 7) is 6.64. The van der Waals surface area contributed by atoms with Gasteiger partial charge in [0.05, 0.1) is 6.10 Å². The highest BCUT2D eigenvalue weighted by atomic mass is 16.5. The van der Waals surface area contributed by atoms with Gasteiger partial charge in [0.15, 0.2) is 0 Å². The number of aromatic nitrogens is 2. The van der Waals surface area contributed by atoms with Crippen molar-refractivity contribution in [3.63, 3.8) is 0 Å². The summed E-state index contributed by atoms with van der Waals surface area (Å²) in [6, 6.07) is 1.86. The fraction of sp³-hybridized carbons (Fsp3) is 0.636. The zero-order valence-corrected chi connectivity index (χ0v) is 10.1. The molecule has 0 spiro atoms. The van der Waals surface area contributed by atoms with Crippen molar-refractivity contribution in [1.29, 1.82) is 0 Å². The Morgan fingerprint density at radius 2 is 2.25 bits per heavy atom. The minimum absolute atomic E-state index is 0.112. The van der Waals surface area contributed by atoms with Gasteiger partial charge in [-0.3, -0.25) is 0 Å². The molecule has 90 valence electrons. The number of nitrogens with one attached hydrogen (secondary N) is 1. The van der Waals surface area contributed by atoms with Crippen molar-refractivity contribution in [2.75, 3.05) is 11.9 Å². The highest BCUT2D eigenvalue weighted by molar-refractivity contribution is 5.27. The van der Waals surface area contributed by atoms with Gasteiger partial charge in [-0.15, -0.1) is 0 Å². The maximum Gasteiger partial charge on any atom is 0.225 e. The van der Waals surface area contributed by atoms with E-state index in [-0.39, 0.29) is 12.1 Å². The maximum atomic E-state index is 5.79. The van der Waals surface area contributed by atoms with Gasteiger partial charge in [0.25, 0.3) is 0 Å². The molecule has 0 fully saturated rings. The number of anilines is 1. The summed E-state index contributed by atoms with van der Waals surface area (Å²) in [5, 5.41) is 3.08. The van der Waals surface area contributed by atoms with Crippen LogP contribution in [0.4, 0.5) is 5.95 Å². The van der Waals surface area contributed by atoms with Gasteiger partial charge >= 0.3 is 0 Å². The van der Waals surface area contributed by atoms with Gasteiger partial charge in [-0.05, 0) is 20.3 Å². The largest absolute Gasteiger partial charge is 0.475 e. The topological polar surface area (TPSA) is 73.1 Å². The average molecular weight is 224 g/mol. The summed E-state index contributed by atoms with van der Waals surface area (Å²) in [5.74, 6) is 1.14. The van der Waals surface area contributed by atoms with E-state index in [0.29, 0.717) is 18.4 Å². The standard InChI is InChI=1S/C11H20N4O/c1-4-9(12)7-14-11-13-6-5-10(15-11)16-8(2)3/h5-6,8-9H,4,7,12H2,1-3H3,(H,13,14,15). The van der Waals surface area contributed by atoms with Crippen molar-refractivity contribution in [2.24, 2.45) is 5.73 Å². The fourth-order valence-corrected chi connectivity index (χ4v) is 1.10. The average Bonchev–Trinajstić information content (AvgIpc) is 2.25. The highest BCUT2D eigenvalue weighted by Gasteiger charge is 2.03. The smallest absolute Gasteiger partial charge is 0.225 e. The minimum atomic E-state index is 0.112. The molecule has 0 saturated heterocycles. The van der Waals surface area contributed by atoms with Gasteiger partial charge in [0.1, 0.15) is 0 Å². The minimum Gasteiger partial charge on any atom is -0.475 e. The van der Waals surface area contributed by atoms with Crippen molar-refractivity contribution < 1.29 is 4.74 Å². The van der Waals surface area contributed by atoms with Crippen LogP contribution in [-0.2, 0) is 0 Å². The van der Waals surface area contributed by atoms with E-state index in [2.05, 4.69) is 15.3 Å². The van der Waals surface area contributed by atoms with Crippen LogP contribution in [0.15, 0.2) is 12.3 Å². The first-order valence-electron chi connectivity index (χ1n) is 5.61. The zero-order valence-electron chi connectivity index (χ0n) is 10.1. The van der Waals surface area contributed by atoms with Crippen LogP contribution < -0.4 is 15.8 Å². The predicted molar refractivity (Wildman–Crippen MR) is 64.6 cm³/mol. The van der Waals surface area contributed by atoms with Crippen LogP contribution in [0, 0.1) is 0 Å². The van der Waals surface area contributed by atoms with Crippen molar-refractivity contribution in [1.82, 2.24) is 9.97 Å². The molecule has 0 aliphatic rings. The molecule has 0 bridgehead atoms. The lowest BCUT2D eigenvalue weighted by molar-refractivity contribution is 0.232. The molecule has 0 saturated carbocycles. The molecule has 16 heavy (non-hydrogen) atoms. The Morgan fingerprint density at radius 3 is 2.88 bits per heavy atom. The van der Waals surface area contributed by atoms with E-state index in [1.165, 1.54) is 0 Å². The molecule has 5 heteroatoms. The number of nitrogens with zero attached hydrogens (tertiary/aromatic N) is 2. The number of hydrogen-bond donors (Lipinski definition) is 2. The van der Waals surface area contributed by atoms with Gasteiger partial charge in [-0.2, -0.15) is 4.98 Å². The molecule has 1 aromatic heterocycles. The van der Waals surface area contributed by atoms with Gasteiger partial charge in [0, 0.05) is 24.8 Å². The first kappa shape index (κ1) is 12.7. The Bertz CT molecular complexity index is 317. The summed E-state index contributed by atoms with van der Waals surface area (Å²) in [7, 11) is 0. The summed E-state index contributed by atoms with van der Waals surface area (Å²) in [6.07, 6.45) is 2.71. The Labute approximate surface area is 96.4 Å². The lowest BCUT2D eigenvalue weighted by Crippen LogP contribution is -2.28. The maximum absolute atomic E-state index is 5.79. The quantitative estimate of drug-likeness (QED) is 0.764. The third-order valence-electron chi connectivity index (χ3n) is 2.03. The molecular weight excluding hydrogens is 204 g/mol. The molecule has 0 aliphatic carbocycles. The molecule has 1 aromatic rings. The second-order valence-corrected chi connectivity index (χ2v) is 3.93. The Hall–Kier alpha value is -1.36. The van der Waals surface area contributed by atoms with Crippen molar-refractivity contribution >= 4 is 5.95 Å². The molecule has 0 aromatic carbocycles. The number of rotatable bonds is 6. The normalized spacial score (nSPS) is 12.6. The van der Waals surface area contributed by atoms with E-state index in [1.54, 1.807) is 12.3 Å². The molecule has 0 aliphatic heterocycles. The third kappa shape index (κ3) is 4.44. The van der Waals surface area contributed by atoms with Crippen LogP contribution in [0.25, 0.3) is 0 Å². The van der Waals surface area contributed by atoms with E-state index in [9.17, 15) is 0 Å². The van der Waals surface area contributed by atoms with E-state index in [1.807, 2.05) is 20.8 Å². The number of hydrogen-bond acceptors (Lipinski definition) is 5. The van der Waals surface area contributed by atoms with Crippen LogP contribution in [0.1, 0.15) is 27.2 Å². The fourth-order valence-electron chi connectivity index (χ4n) is 1.10. The molecule has 1 heterocycles. The Kier molecular flexibility index (Phi) is 4.98. The Morgan fingerprint density at radius 1 is 1.50 bits per heavy atom. The molecule has 1 unspecified atom stereocenters.